The first-order chi connectivity index (χ1) is 14.0. The van der Waals surface area contributed by atoms with Crippen molar-refractivity contribution >= 4 is 39.9 Å². The fourth-order valence-electron chi connectivity index (χ4n) is 3.76. The number of anilines is 1. The van der Waals surface area contributed by atoms with Crippen molar-refractivity contribution in [1.82, 2.24) is 15.0 Å². The Morgan fingerprint density at radius 1 is 1.28 bits per heavy atom. The third-order valence-corrected chi connectivity index (χ3v) is 5.48. The smallest absolute Gasteiger partial charge is 0.226 e. The number of fused-ring (bicyclic) bond motifs is 3. The number of benzene rings is 1. The lowest BCUT2D eigenvalue weighted by molar-refractivity contribution is 0.152. The normalized spacial score (nSPS) is 17.2. The van der Waals surface area contributed by atoms with Crippen molar-refractivity contribution in [3.05, 3.63) is 46.0 Å². The number of ether oxygens (including phenoxy) is 2. The summed E-state index contributed by atoms with van der Waals surface area (Å²) in [7, 11) is 1.59. The number of nitrogens with two attached hydrogens (primary N) is 1. The second kappa shape index (κ2) is 8.75. The van der Waals surface area contributed by atoms with Crippen LogP contribution in [0, 0.1) is 0 Å². The van der Waals surface area contributed by atoms with Gasteiger partial charge in [-0.3, -0.25) is 0 Å². The van der Waals surface area contributed by atoms with Crippen LogP contribution in [0.2, 0.25) is 10.4 Å². The molecule has 0 aliphatic heterocycles. The molecule has 2 heterocycles. The molecule has 1 aromatic carbocycles. The minimum absolute atomic E-state index is 0.0645. The lowest BCUT2D eigenvalue weighted by atomic mass is 9.91. The van der Waals surface area contributed by atoms with Gasteiger partial charge in [0.2, 0.25) is 5.28 Å². The lowest BCUT2D eigenvalue weighted by Crippen LogP contribution is -2.33. The Morgan fingerprint density at radius 3 is 2.93 bits per heavy atom. The number of aromatic amines is 1. The molecule has 1 aliphatic carbocycles. The third-order valence-electron chi connectivity index (χ3n) is 5.06. The number of para-hydroxylation sites is 1. The van der Waals surface area contributed by atoms with Gasteiger partial charge in [0.15, 0.2) is 16.7 Å². The number of nitrogens with one attached hydrogen (secondary N) is 2. The topological polar surface area (TPSA) is 98.1 Å². The highest BCUT2D eigenvalue weighted by molar-refractivity contribution is 6.33. The van der Waals surface area contributed by atoms with E-state index >= 15 is 0 Å². The molecule has 9 heteroatoms. The van der Waals surface area contributed by atoms with E-state index in [1.165, 1.54) is 22.2 Å². The number of aryl methyl sites for hydroxylation is 1. The molecule has 4 N–H and O–H groups in total. The van der Waals surface area contributed by atoms with E-state index in [2.05, 4.69) is 38.5 Å². The fraction of sp³-hybridized carbons (Fsp3) is 0.400. The minimum atomic E-state index is -0.289. The van der Waals surface area contributed by atoms with E-state index in [9.17, 15) is 0 Å². The van der Waals surface area contributed by atoms with Crippen LogP contribution in [0.3, 0.4) is 0 Å². The van der Waals surface area contributed by atoms with Gasteiger partial charge >= 0.3 is 0 Å². The molecule has 1 aliphatic rings. The highest BCUT2D eigenvalue weighted by Gasteiger charge is 2.25. The van der Waals surface area contributed by atoms with Crippen LogP contribution < -0.4 is 15.8 Å². The Morgan fingerprint density at radius 2 is 2.10 bits per heavy atom. The number of aromatic nitrogens is 3. The Bertz CT molecular complexity index is 1010. The number of hydrogen-bond acceptors (Lipinski definition) is 6. The molecule has 0 unspecified atom stereocenters. The standard InChI is InChI=1S/C20H23Cl2N5O2/c1-28-9-11(23)10-29-17-18(21)26-20(22)27-19(17)24-12-6-7-16-14(8-12)13-4-2-3-5-15(13)25-16/h2-5,11-12,25H,6-10,23H2,1H3,(H,24,26,27)/t11-,12-/m1/s1. The van der Waals surface area contributed by atoms with Crippen molar-refractivity contribution in [1.29, 1.82) is 0 Å². The summed E-state index contributed by atoms with van der Waals surface area (Å²) in [6.45, 7) is 0.602. The minimum Gasteiger partial charge on any atom is -0.485 e. The molecule has 0 fully saturated rings. The Balaban J connectivity index is 1.54. The molecular formula is C20H23Cl2N5O2. The summed E-state index contributed by atoms with van der Waals surface area (Å²) < 4.78 is 10.9. The molecule has 4 rings (SSSR count). The van der Waals surface area contributed by atoms with Gasteiger partial charge < -0.3 is 25.5 Å². The molecule has 2 atom stereocenters. The lowest BCUT2D eigenvalue weighted by Gasteiger charge is -2.25. The summed E-state index contributed by atoms with van der Waals surface area (Å²) in [6, 6.07) is 8.24. The number of nitrogens with zero attached hydrogens (tertiary/aromatic N) is 2. The molecule has 0 spiro atoms. The SMILES string of the molecule is COC[C@@H](N)COc1c(Cl)nc(Cl)nc1N[C@@H]1CCc2[nH]c3ccccc3c2C1. The van der Waals surface area contributed by atoms with Gasteiger partial charge in [0, 0.05) is 29.7 Å². The van der Waals surface area contributed by atoms with Crippen LogP contribution in [-0.4, -0.2) is 47.4 Å². The first-order valence-corrected chi connectivity index (χ1v) is 10.3. The summed E-state index contributed by atoms with van der Waals surface area (Å²) in [6.07, 6.45) is 2.76. The molecule has 0 saturated carbocycles. The van der Waals surface area contributed by atoms with Crippen LogP contribution in [0.15, 0.2) is 24.3 Å². The second-order valence-corrected chi connectivity index (χ2v) is 7.90. The van der Waals surface area contributed by atoms with Gasteiger partial charge in [-0.2, -0.15) is 4.98 Å². The van der Waals surface area contributed by atoms with Gasteiger partial charge in [-0.15, -0.1) is 0 Å². The monoisotopic (exact) mass is 435 g/mol. The Kier molecular flexibility index (Phi) is 6.10. The van der Waals surface area contributed by atoms with Crippen LogP contribution in [0.5, 0.6) is 5.75 Å². The number of rotatable bonds is 7. The maximum atomic E-state index is 6.28. The Labute approximate surface area is 178 Å². The van der Waals surface area contributed by atoms with Crippen molar-refractivity contribution < 1.29 is 9.47 Å². The van der Waals surface area contributed by atoms with Gasteiger partial charge in [0.25, 0.3) is 0 Å². The zero-order chi connectivity index (χ0) is 20.4. The first-order valence-electron chi connectivity index (χ1n) is 9.50. The van der Waals surface area contributed by atoms with Crippen molar-refractivity contribution in [2.45, 2.75) is 31.3 Å². The van der Waals surface area contributed by atoms with E-state index in [0.29, 0.717) is 18.2 Å². The summed E-state index contributed by atoms with van der Waals surface area (Å²) in [5.74, 6) is 0.834. The number of H-pyrrole nitrogens is 1. The first kappa shape index (κ1) is 20.2. The summed E-state index contributed by atoms with van der Waals surface area (Å²) in [4.78, 5) is 11.8. The number of methoxy groups -OCH3 is 1. The molecule has 0 amide bonds. The Hall–Kier alpha value is -2.06. The van der Waals surface area contributed by atoms with E-state index in [0.717, 1.165) is 19.3 Å². The average Bonchev–Trinajstić information content (AvgIpc) is 3.05. The number of halogens is 2. The predicted molar refractivity (Wildman–Crippen MR) is 115 cm³/mol. The number of hydrogen-bond donors (Lipinski definition) is 3. The van der Waals surface area contributed by atoms with Crippen molar-refractivity contribution in [3.8, 4) is 5.75 Å². The van der Waals surface area contributed by atoms with Crippen LogP contribution in [0.4, 0.5) is 5.82 Å². The molecule has 2 aromatic heterocycles. The van der Waals surface area contributed by atoms with E-state index in [1.54, 1.807) is 7.11 Å². The average molecular weight is 436 g/mol. The quantitative estimate of drug-likeness (QED) is 0.387. The third kappa shape index (κ3) is 4.43. The molecule has 154 valence electrons. The van der Waals surface area contributed by atoms with Gasteiger partial charge in [-0.05, 0) is 42.5 Å². The highest BCUT2D eigenvalue weighted by Crippen LogP contribution is 2.35. The van der Waals surface area contributed by atoms with Crippen LogP contribution >= 0.6 is 23.2 Å². The van der Waals surface area contributed by atoms with E-state index < -0.39 is 0 Å². The van der Waals surface area contributed by atoms with Crippen molar-refractivity contribution in [3.63, 3.8) is 0 Å². The van der Waals surface area contributed by atoms with Crippen molar-refractivity contribution in [2.75, 3.05) is 25.6 Å². The van der Waals surface area contributed by atoms with Gasteiger partial charge in [0.1, 0.15) is 6.61 Å². The van der Waals surface area contributed by atoms with E-state index in [4.69, 9.17) is 38.4 Å². The van der Waals surface area contributed by atoms with Crippen LogP contribution in [-0.2, 0) is 17.6 Å². The maximum Gasteiger partial charge on any atom is 0.226 e. The summed E-state index contributed by atoms with van der Waals surface area (Å²) >= 11 is 12.3. The van der Waals surface area contributed by atoms with Gasteiger partial charge in [0.05, 0.1) is 12.6 Å². The van der Waals surface area contributed by atoms with Crippen LogP contribution in [0.1, 0.15) is 17.7 Å². The van der Waals surface area contributed by atoms with E-state index in [-0.39, 0.29) is 29.1 Å². The largest absolute Gasteiger partial charge is 0.485 e. The molecule has 29 heavy (non-hydrogen) atoms. The highest BCUT2D eigenvalue weighted by atomic mass is 35.5. The zero-order valence-corrected chi connectivity index (χ0v) is 17.6. The summed E-state index contributed by atoms with van der Waals surface area (Å²) in [5.41, 5.74) is 9.76. The molecule has 7 nitrogen and oxygen atoms in total. The molecule has 0 bridgehead atoms. The maximum absolute atomic E-state index is 6.28. The molecular weight excluding hydrogens is 413 g/mol. The molecule has 3 aromatic rings. The van der Waals surface area contributed by atoms with E-state index in [1.807, 2.05) is 6.07 Å². The molecule has 0 saturated heterocycles. The predicted octanol–water partition coefficient (Wildman–Crippen LogP) is 3.59. The fourth-order valence-corrected chi connectivity index (χ4v) is 4.20. The van der Waals surface area contributed by atoms with Gasteiger partial charge in [-0.25, -0.2) is 4.98 Å². The summed E-state index contributed by atoms with van der Waals surface area (Å²) in [5, 5.41) is 4.93. The second-order valence-electron chi connectivity index (χ2n) is 7.20. The molecule has 0 radical (unpaired) electrons. The van der Waals surface area contributed by atoms with Gasteiger partial charge in [-0.1, -0.05) is 29.8 Å². The van der Waals surface area contributed by atoms with Crippen molar-refractivity contribution in [2.24, 2.45) is 5.73 Å². The zero-order valence-electron chi connectivity index (χ0n) is 16.0. The van der Waals surface area contributed by atoms with Crippen LogP contribution in [0.25, 0.3) is 10.9 Å².